The second-order valence-corrected chi connectivity index (χ2v) is 14.4. The van der Waals surface area contributed by atoms with Crippen molar-refractivity contribution in [1.29, 1.82) is 0 Å². The molecule has 2 aliphatic carbocycles. The Balaban J connectivity index is 1.42. The van der Waals surface area contributed by atoms with Gasteiger partial charge in [0.25, 0.3) is 11.8 Å². The van der Waals surface area contributed by atoms with Gasteiger partial charge in [-0.05, 0) is 67.1 Å². The van der Waals surface area contributed by atoms with Gasteiger partial charge in [0.05, 0.1) is 48.0 Å². The number of phenols is 1. The molecule has 6 atom stereocenters. The van der Waals surface area contributed by atoms with E-state index >= 15 is 4.79 Å². The number of pyridine rings is 1. The van der Waals surface area contributed by atoms with Crippen molar-refractivity contribution < 1.29 is 46.9 Å². The fourth-order valence-corrected chi connectivity index (χ4v) is 8.96. The Morgan fingerprint density at radius 3 is 2.26 bits per heavy atom. The molecule has 282 valence electrons. The van der Waals surface area contributed by atoms with Crippen molar-refractivity contribution in [3.63, 3.8) is 0 Å². The molecule has 2 saturated heterocycles. The lowest BCUT2D eigenvalue weighted by Crippen LogP contribution is -2.54. The van der Waals surface area contributed by atoms with Crippen LogP contribution in [0.2, 0.25) is 10.0 Å². The zero-order valence-electron chi connectivity index (χ0n) is 29.0. The highest BCUT2D eigenvalue weighted by atomic mass is 35.5. The van der Waals surface area contributed by atoms with Crippen LogP contribution in [0.3, 0.4) is 0 Å². The topological polar surface area (TPSA) is 138 Å². The van der Waals surface area contributed by atoms with Crippen molar-refractivity contribution in [1.82, 2.24) is 14.9 Å². The first-order chi connectivity index (χ1) is 25.7. The number of likely N-dealkylation sites (tertiary alicyclic amines) is 1. The number of hydrazine groups is 1. The predicted molar refractivity (Wildman–Crippen MR) is 190 cm³/mol. The number of anilines is 1. The van der Waals surface area contributed by atoms with E-state index in [1.54, 1.807) is 55.5 Å². The molecule has 2 aliphatic heterocycles. The van der Waals surface area contributed by atoms with Crippen molar-refractivity contribution in [3.8, 4) is 17.2 Å². The van der Waals surface area contributed by atoms with Crippen LogP contribution in [0.1, 0.15) is 36.5 Å². The Hall–Kier alpha value is -5.08. The Kier molecular flexibility index (Phi) is 9.41. The number of nitrogens with one attached hydrogen (secondary N) is 1. The first-order valence-corrected chi connectivity index (χ1v) is 17.7. The number of amides is 4. The van der Waals surface area contributed by atoms with Crippen LogP contribution in [-0.2, 0) is 30.8 Å². The van der Waals surface area contributed by atoms with Crippen LogP contribution in [0.15, 0.2) is 66.4 Å². The number of imide groups is 2. The highest BCUT2D eigenvalue weighted by molar-refractivity contribution is 6.33. The first-order valence-electron chi connectivity index (χ1n) is 17.0. The van der Waals surface area contributed by atoms with Gasteiger partial charge in [-0.15, -0.1) is 0 Å². The van der Waals surface area contributed by atoms with Gasteiger partial charge in [0, 0.05) is 23.7 Å². The van der Waals surface area contributed by atoms with E-state index in [4.69, 9.17) is 32.7 Å². The number of benzene rings is 2. The van der Waals surface area contributed by atoms with E-state index in [9.17, 15) is 32.7 Å². The SMILES string of the molecule is CCN1C(=O)[C@H]2[C@H](CC=C3[C@H]2C[C@H]2C(=O)N(Nc4ncc(C(F)(F)F)cc4Cl)C(=O)[C@@]2(c2ccc(Cl)cc2)[C@H]3C=Cc2cc(OC)c(O)c(OC)c2)C1=O. The lowest BCUT2D eigenvalue weighted by Gasteiger charge is -2.49. The summed E-state index contributed by atoms with van der Waals surface area (Å²) in [5.74, 6) is -6.66. The normalized spacial score (nSPS) is 26.5. The quantitative estimate of drug-likeness (QED) is 0.189. The van der Waals surface area contributed by atoms with E-state index in [1.165, 1.54) is 19.1 Å². The maximum atomic E-state index is 15.2. The van der Waals surface area contributed by atoms with E-state index in [2.05, 4.69) is 10.4 Å². The van der Waals surface area contributed by atoms with Crippen molar-refractivity contribution in [2.45, 2.75) is 31.4 Å². The van der Waals surface area contributed by atoms with E-state index in [0.717, 1.165) is 5.01 Å². The van der Waals surface area contributed by atoms with Crippen molar-refractivity contribution in [2.24, 2.45) is 29.6 Å². The van der Waals surface area contributed by atoms with Gasteiger partial charge in [0.1, 0.15) is 0 Å². The van der Waals surface area contributed by atoms with Crippen LogP contribution in [0.4, 0.5) is 19.0 Å². The number of halogens is 5. The standard InChI is InChI=1S/C38H33Cl2F3N4O7/c1-4-46-33(49)23-11-10-22-24(30(23)35(46)51)16-26-34(50)47(45-32-27(40)15-20(17-44-32)38(41,42)43)36(52)37(26,19-6-8-21(39)9-7-19)25(22)12-5-18-13-28(53-2)31(48)29(14-18)54-3/h5-10,12-15,17,23-26,30,48H,4,11,16H2,1-3H3,(H,44,45)/t23-,24+,25-,26-,30-,37-/m0/s1. The molecule has 3 fully saturated rings. The molecule has 0 spiro atoms. The van der Waals surface area contributed by atoms with Gasteiger partial charge >= 0.3 is 6.18 Å². The summed E-state index contributed by atoms with van der Waals surface area (Å²) in [5, 5.41) is 11.2. The number of phenolic OH excluding ortho intramolecular Hbond substituents is 1. The molecule has 1 saturated carbocycles. The van der Waals surface area contributed by atoms with E-state index < -0.39 is 63.6 Å². The number of methoxy groups -OCH3 is 2. The predicted octanol–water partition coefficient (Wildman–Crippen LogP) is 6.68. The summed E-state index contributed by atoms with van der Waals surface area (Å²) in [5.41, 5.74) is 1.36. The molecule has 4 amide bonds. The fourth-order valence-electron chi connectivity index (χ4n) is 8.62. The number of hydrogen-bond donors (Lipinski definition) is 2. The zero-order valence-corrected chi connectivity index (χ0v) is 30.5. The summed E-state index contributed by atoms with van der Waals surface area (Å²) in [6.07, 6.45) is 1.30. The van der Waals surface area contributed by atoms with Gasteiger partial charge in [-0.2, -0.15) is 18.2 Å². The molecule has 1 aromatic heterocycles. The summed E-state index contributed by atoms with van der Waals surface area (Å²) < 4.78 is 51.0. The summed E-state index contributed by atoms with van der Waals surface area (Å²) in [6, 6.07) is 10.2. The van der Waals surface area contributed by atoms with Crippen LogP contribution in [0, 0.1) is 29.6 Å². The number of aromatic hydroxyl groups is 1. The zero-order chi connectivity index (χ0) is 38.9. The summed E-state index contributed by atoms with van der Waals surface area (Å²) in [6.45, 7) is 1.89. The van der Waals surface area contributed by atoms with E-state index in [0.29, 0.717) is 34.0 Å². The summed E-state index contributed by atoms with van der Waals surface area (Å²) >= 11 is 12.5. The molecule has 0 unspecified atom stereocenters. The first kappa shape index (κ1) is 37.2. The Bertz CT molecular complexity index is 2120. The van der Waals surface area contributed by atoms with Gasteiger partial charge in [0.15, 0.2) is 17.3 Å². The second-order valence-electron chi connectivity index (χ2n) is 13.5. The molecule has 7 rings (SSSR count). The number of allylic oxidation sites excluding steroid dienone is 3. The molecule has 0 radical (unpaired) electrons. The number of rotatable bonds is 8. The highest BCUT2D eigenvalue weighted by Crippen LogP contribution is 2.61. The van der Waals surface area contributed by atoms with Crippen LogP contribution in [-0.4, -0.2) is 64.4 Å². The molecule has 3 aromatic rings. The number of ether oxygens (including phenoxy) is 2. The molecule has 2 aromatic carbocycles. The molecule has 16 heteroatoms. The number of aromatic nitrogens is 1. The van der Waals surface area contributed by atoms with Crippen LogP contribution < -0.4 is 14.9 Å². The van der Waals surface area contributed by atoms with Gasteiger partial charge in [-0.25, -0.2) is 4.98 Å². The number of nitrogens with zero attached hydrogens (tertiary/aromatic N) is 3. The third-order valence-corrected chi connectivity index (χ3v) is 11.5. The fraction of sp³-hybridized carbons (Fsp3) is 0.342. The smallest absolute Gasteiger partial charge is 0.417 e. The third kappa shape index (κ3) is 5.69. The number of carbonyl (C=O) groups excluding carboxylic acids is 4. The molecule has 11 nitrogen and oxygen atoms in total. The molecule has 4 aliphatic rings. The number of hydrogen-bond acceptors (Lipinski definition) is 9. The molecule has 54 heavy (non-hydrogen) atoms. The molecular weight excluding hydrogens is 752 g/mol. The van der Waals surface area contributed by atoms with Gasteiger partial charge in [0.2, 0.25) is 17.6 Å². The van der Waals surface area contributed by atoms with Gasteiger partial charge in [-0.3, -0.25) is 29.5 Å². The largest absolute Gasteiger partial charge is 0.502 e. The van der Waals surface area contributed by atoms with Crippen molar-refractivity contribution in [3.05, 3.63) is 93.1 Å². The monoisotopic (exact) mass is 784 g/mol. The molecule has 0 bridgehead atoms. The molecular formula is C38H33Cl2F3N4O7. The Morgan fingerprint density at radius 1 is 1.00 bits per heavy atom. The highest BCUT2D eigenvalue weighted by Gasteiger charge is 2.69. The van der Waals surface area contributed by atoms with Gasteiger partial charge in [-0.1, -0.05) is 59.1 Å². The maximum Gasteiger partial charge on any atom is 0.417 e. The van der Waals surface area contributed by atoms with Crippen LogP contribution in [0.25, 0.3) is 6.08 Å². The minimum absolute atomic E-state index is 0.00563. The van der Waals surface area contributed by atoms with Crippen molar-refractivity contribution >= 4 is 58.7 Å². The average Bonchev–Trinajstić information content (AvgIpc) is 3.52. The Morgan fingerprint density at radius 2 is 1.67 bits per heavy atom. The minimum atomic E-state index is -4.75. The average molecular weight is 786 g/mol. The Labute approximate surface area is 317 Å². The number of alkyl halides is 3. The third-order valence-electron chi connectivity index (χ3n) is 11.0. The molecule has 2 N–H and O–H groups in total. The molecule has 3 heterocycles. The lowest BCUT2D eigenvalue weighted by atomic mass is 9.50. The number of carbonyl (C=O) groups is 4. The van der Waals surface area contributed by atoms with Crippen molar-refractivity contribution in [2.75, 3.05) is 26.2 Å². The summed E-state index contributed by atoms with van der Waals surface area (Å²) in [7, 11) is 2.75. The van der Waals surface area contributed by atoms with Crippen LogP contribution in [0.5, 0.6) is 17.2 Å². The minimum Gasteiger partial charge on any atom is -0.502 e. The summed E-state index contributed by atoms with van der Waals surface area (Å²) in [4.78, 5) is 62.2. The van der Waals surface area contributed by atoms with Gasteiger partial charge < -0.3 is 14.6 Å². The van der Waals surface area contributed by atoms with E-state index in [1.807, 2.05) is 6.08 Å². The lowest BCUT2D eigenvalue weighted by molar-refractivity contribution is -0.141. The maximum absolute atomic E-state index is 15.2. The van der Waals surface area contributed by atoms with Crippen LogP contribution >= 0.6 is 23.2 Å². The second kappa shape index (κ2) is 13.6. The van der Waals surface area contributed by atoms with E-state index in [-0.39, 0.29) is 54.3 Å². The number of fused-ring (bicyclic) bond motifs is 4.